The van der Waals surface area contributed by atoms with Gasteiger partial charge in [0.2, 0.25) is 5.16 Å². The molecule has 0 spiro atoms. The highest BCUT2D eigenvalue weighted by Gasteiger charge is 2.26. The molecule has 1 atom stereocenters. The number of pyridine rings is 1. The molecule has 0 amide bonds. The average molecular weight is 385 g/mol. The van der Waals surface area contributed by atoms with E-state index >= 15 is 0 Å². The third kappa shape index (κ3) is 3.71. The van der Waals surface area contributed by atoms with Crippen LogP contribution in [-0.2, 0) is 23.8 Å². The molecule has 1 saturated carbocycles. The monoisotopic (exact) mass is 384 g/mol. The largest absolute Gasteiger partial charge is 0.382 e. The number of anilines is 1. The van der Waals surface area contributed by atoms with Crippen molar-refractivity contribution in [2.24, 2.45) is 5.92 Å². The third-order valence-electron chi connectivity index (χ3n) is 5.10. The highest BCUT2D eigenvalue weighted by molar-refractivity contribution is 7.84. The molecule has 1 aliphatic carbocycles. The van der Waals surface area contributed by atoms with Gasteiger partial charge in [-0.05, 0) is 50.7 Å². The molecule has 3 aromatic heterocycles. The molecule has 142 valence electrons. The number of imidazole rings is 1. The lowest BCUT2D eigenvalue weighted by atomic mass is 10.2. The van der Waals surface area contributed by atoms with Crippen LogP contribution in [0.1, 0.15) is 36.3 Å². The number of hydrogen-bond donors (Lipinski definition) is 1. The molecule has 2 N–H and O–H groups in total. The highest BCUT2D eigenvalue weighted by atomic mass is 32.2. The first-order chi connectivity index (χ1) is 13.0. The molecule has 1 fully saturated rings. The maximum atomic E-state index is 12.4. The van der Waals surface area contributed by atoms with Crippen LogP contribution in [-0.4, -0.2) is 34.5 Å². The molecule has 0 radical (unpaired) electrons. The van der Waals surface area contributed by atoms with Gasteiger partial charge in [-0.15, -0.1) is 0 Å². The lowest BCUT2D eigenvalue weighted by Gasteiger charge is -2.11. The number of fused-ring (bicyclic) bond motifs is 1. The summed E-state index contributed by atoms with van der Waals surface area (Å²) in [5, 5.41) is 0.395. The molecule has 0 bridgehead atoms. The van der Waals surface area contributed by atoms with Crippen LogP contribution in [0.15, 0.2) is 23.6 Å². The number of nitrogen functional groups attached to an aromatic ring is 1. The Kier molecular flexibility index (Phi) is 4.90. The Morgan fingerprint density at radius 3 is 2.67 bits per heavy atom. The number of hydrogen-bond acceptors (Lipinski definition) is 6. The van der Waals surface area contributed by atoms with E-state index in [-0.39, 0.29) is 0 Å². The molecular weight excluding hydrogens is 360 g/mol. The summed E-state index contributed by atoms with van der Waals surface area (Å²) in [5.41, 5.74) is 10.1. The van der Waals surface area contributed by atoms with Crippen molar-refractivity contribution < 1.29 is 4.21 Å². The predicted molar refractivity (Wildman–Crippen MR) is 106 cm³/mol. The predicted octanol–water partition coefficient (Wildman–Crippen LogP) is 2.57. The zero-order chi connectivity index (χ0) is 19.0. The van der Waals surface area contributed by atoms with E-state index in [0.29, 0.717) is 16.7 Å². The second kappa shape index (κ2) is 7.34. The zero-order valence-corrected chi connectivity index (χ0v) is 16.5. The SMILES string of the molecule is Cc1nc(N)c2nc(CC3CC3)n(CCCS(=O)c3ncccn3)c2c1C. The normalized spacial score (nSPS) is 15.3. The van der Waals surface area contributed by atoms with Gasteiger partial charge < -0.3 is 10.3 Å². The molecule has 7 nitrogen and oxygen atoms in total. The Morgan fingerprint density at radius 1 is 1.22 bits per heavy atom. The number of rotatable bonds is 7. The average Bonchev–Trinajstić information content (AvgIpc) is 3.41. The maximum absolute atomic E-state index is 12.4. The maximum Gasteiger partial charge on any atom is 0.218 e. The minimum atomic E-state index is -1.19. The molecule has 0 saturated heterocycles. The van der Waals surface area contributed by atoms with Crippen molar-refractivity contribution in [1.29, 1.82) is 0 Å². The van der Waals surface area contributed by atoms with E-state index < -0.39 is 10.8 Å². The van der Waals surface area contributed by atoms with Crippen molar-refractivity contribution in [1.82, 2.24) is 24.5 Å². The van der Waals surface area contributed by atoms with Crippen LogP contribution in [0.5, 0.6) is 0 Å². The van der Waals surface area contributed by atoms with Gasteiger partial charge in [-0.1, -0.05) is 0 Å². The fraction of sp³-hybridized carbons (Fsp3) is 0.474. The van der Waals surface area contributed by atoms with E-state index in [1.54, 1.807) is 18.5 Å². The molecule has 3 heterocycles. The summed E-state index contributed by atoms with van der Waals surface area (Å²) in [6, 6.07) is 1.73. The number of nitrogens with zero attached hydrogens (tertiary/aromatic N) is 5. The summed E-state index contributed by atoms with van der Waals surface area (Å²) >= 11 is 0. The Labute approximate surface area is 160 Å². The van der Waals surface area contributed by atoms with Gasteiger partial charge in [-0.25, -0.2) is 19.9 Å². The first-order valence-electron chi connectivity index (χ1n) is 9.31. The van der Waals surface area contributed by atoms with Crippen molar-refractivity contribution in [3.05, 3.63) is 35.5 Å². The third-order valence-corrected chi connectivity index (χ3v) is 6.38. The van der Waals surface area contributed by atoms with E-state index in [9.17, 15) is 4.21 Å². The summed E-state index contributed by atoms with van der Waals surface area (Å²) in [6.45, 7) is 4.80. The summed E-state index contributed by atoms with van der Waals surface area (Å²) in [7, 11) is -1.19. The molecule has 3 aromatic rings. The lowest BCUT2D eigenvalue weighted by molar-refractivity contribution is 0.625. The van der Waals surface area contributed by atoms with E-state index in [0.717, 1.165) is 53.4 Å². The molecule has 1 unspecified atom stereocenters. The Balaban J connectivity index is 1.60. The minimum absolute atomic E-state index is 0.395. The van der Waals surface area contributed by atoms with Crippen LogP contribution in [0.2, 0.25) is 0 Å². The first-order valence-corrected chi connectivity index (χ1v) is 10.6. The lowest BCUT2D eigenvalue weighted by Crippen LogP contribution is -2.10. The van der Waals surface area contributed by atoms with Gasteiger partial charge in [0.1, 0.15) is 11.3 Å². The Bertz CT molecular complexity index is 997. The summed E-state index contributed by atoms with van der Waals surface area (Å²) < 4.78 is 14.7. The number of aromatic nitrogens is 5. The smallest absolute Gasteiger partial charge is 0.218 e. The van der Waals surface area contributed by atoms with Crippen LogP contribution in [0.3, 0.4) is 0 Å². The van der Waals surface area contributed by atoms with Crippen LogP contribution in [0.4, 0.5) is 5.82 Å². The van der Waals surface area contributed by atoms with E-state index in [1.807, 2.05) is 6.92 Å². The Morgan fingerprint density at radius 2 is 1.96 bits per heavy atom. The van der Waals surface area contributed by atoms with Crippen molar-refractivity contribution in [2.75, 3.05) is 11.5 Å². The van der Waals surface area contributed by atoms with Crippen LogP contribution in [0, 0.1) is 19.8 Å². The number of aryl methyl sites for hydroxylation is 3. The zero-order valence-electron chi connectivity index (χ0n) is 15.7. The van der Waals surface area contributed by atoms with Gasteiger partial charge >= 0.3 is 0 Å². The van der Waals surface area contributed by atoms with E-state index in [4.69, 9.17) is 10.7 Å². The molecule has 0 aromatic carbocycles. The molecule has 1 aliphatic rings. The van der Waals surface area contributed by atoms with Crippen molar-refractivity contribution in [3.8, 4) is 0 Å². The number of nitrogens with two attached hydrogens (primary N) is 1. The van der Waals surface area contributed by atoms with Gasteiger partial charge in [-0.3, -0.25) is 4.21 Å². The summed E-state index contributed by atoms with van der Waals surface area (Å²) in [4.78, 5) is 17.4. The molecule has 8 heteroatoms. The molecular formula is C19H24N6OS. The van der Waals surface area contributed by atoms with Crippen LogP contribution >= 0.6 is 0 Å². The van der Waals surface area contributed by atoms with Crippen molar-refractivity contribution in [3.63, 3.8) is 0 Å². The first kappa shape index (κ1) is 18.0. The van der Waals surface area contributed by atoms with Crippen molar-refractivity contribution >= 4 is 27.7 Å². The van der Waals surface area contributed by atoms with Gasteiger partial charge in [0.05, 0.1) is 16.3 Å². The summed E-state index contributed by atoms with van der Waals surface area (Å²) in [5.74, 6) is 2.80. The quantitative estimate of drug-likeness (QED) is 0.629. The molecule has 4 rings (SSSR count). The highest BCUT2D eigenvalue weighted by Crippen LogP contribution is 2.34. The topological polar surface area (TPSA) is 99.6 Å². The standard InChI is InChI=1S/C19H24N6OS/c1-12-13(2)23-18(20)16-17(12)25(15(24-16)11-14-5-6-14)9-4-10-27(26)19-21-7-3-8-22-19/h3,7-8,14H,4-6,9-11H2,1-2H3,(H2,20,23). The minimum Gasteiger partial charge on any atom is -0.382 e. The molecule has 0 aliphatic heterocycles. The fourth-order valence-corrected chi connectivity index (χ4v) is 4.30. The second-order valence-electron chi connectivity index (χ2n) is 7.17. The van der Waals surface area contributed by atoms with Gasteiger partial charge in [0, 0.05) is 36.8 Å². The Hall–Kier alpha value is -2.35. The fourth-order valence-electron chi connectivity index (χ4n) is 3.37. The second-order valence-corrected chi connectivity index (χ2v) is 8.63. The van der Waals surface area contributed by atoms with Crippen LogP contribution < -0.4 is 5.73 Å². The summed E-state index contributed by atoms with van der Waals surface area (Å²) in [6.07, 6.45) is 7.51. The van der Waals surface area contributed by atoms with E-state index in [2.05, 4.69) is 26.4 Å². The van der Waals surface area contributed by atoms with E-state index in [1.165, 1.54) is 12.8 Å². The van der Waals surface area contributed by atoms with Crippen molar-refractivity contribution in [2.45, 2.75) is 51.2 Å². The van der Waals surface area contributed by atoms with Crippen LogP contribution in [0.25, 0.3) is 11.0 Å². The van der Waals surface area contributed by atoms with Gasteiger partial charge in [0.25, 0.3) is 0 Å². The molecule has 27 heavy (non-hydrogen) atoms. The van der Waals surface area contributed by atoms with Gasteiger partial charge in [0.15, 0.2) is 5.82 Å². The van der Waals surface area contributed by atoms with Gasteiger partial charge in [-0.2, -0.15) is 0 Å².